The van der Waals surface area contributed by atoms with Crippen LogP contribution >= 0.6 is 0 Å². The van der Waals surface area contributed by atoms with Crippen molar-refractivity contribution < 1.29 is 0 Å². The third-order valence-electron chi connectivity index (χ3n) is 4.89. The van der Waals surface area contributed by atoms with E-state index in [4.69, 9.17) is 0 Å². The fourth-order valence-electron chi connectivity index (χ4n) is 3.14. The number of benzene rings is 3. The van der Waals surface area contributed by atoms with Crippen molar-refractivity contribution in [3.05, 3.63) is 107 Å². The Labute approximate surface area is 158 Å². The fraction of sp³-hybridized carbons (Fsp3) is 0.231. The Morgan fingerprint density at radius 2 is 1.04 bits per heavy atom. The van der Waals surface area contributed by atoms with Gasteiger partial charge in [0.1, 0.15) is 0 Å². The lowest BCUT2D eigenvalue weighted by Gasteiger charge is -2.12. The third-order valence-corrected chi connectivity index (χ3v) is 4.89. The van der Waals surface area contributed by atoms with Crippen LogP contribution in [-0.2, 0) is 0 Å². The molecule has 0 aliphatic rings. The molecule has 0 aliphatic carbocycles. The molecule has 3 aromatic carbocycles. The van der Waals surface area contributed by atoms with Gasteiger partial charge in [0.2, 0.25) is 0 Å². The Morgan fingerprint density at radius 3 is 1.54 bits per heavy atom. The van der Waals surface area contributed by atoms with Crippen molar-refractivity contribution >= 4 is 11.6 Å². The van der Waals surface area contributed by atoms with Gasteiger partial charge in [-0.2, -0.15) is 0 Å². The lowest BCUT2D eigenvalue weighted by atomic mass is 9.93. The molecule has 0 N–H and O–H groups in total. The van der Waals surface area contributed by atoms with Gasteiger partial charge in [-0.05, 0) is 51.3 Å². The molecule has 0 bridgehead atoms. The van der Waals surface area contributed by atoms with E-state index in [1.54, 1.807) is 0 Å². The SMILES string of the molecule is CC(C)c1ccc(/C=C(\c2ccccc2)c2ccc(C(C)C)cc2)cc1. The molecule has 0 heterocycles. The van der Waals surface area contributed by atoms with Crippen LogP contribution in [0, 0.1) is 0 Å². The molecule has 0 radical (unpaired) electrons. The molecule has 0 aromatic heterocycles. The van der Waals surface area contributed by atoms with Gasteiger partial charge in [0.25, 0.3) is 0 Å². The van der Waals surface area contributed by atoms with E-state index < -0.39 is 0 Å². The smallest absolute Gasteiger partial charge is 0.0105 e. The molecule has 0 fully saturated rings. The summed E-state index contributed by atoms with van der Waals surface area (Å²) >= 11 is 0. The van der Waals surface area contributed by atoms with Crippen molar-refractivity contribution in [2.75, 3.05) is 0 Å². The van der Waals surface area contributed by atoms with Crippen LogP contribution < -0.4 is 0 Å². The van der Waals surface area contributed by atoms with E-state index in [9.17, 15) is 0 Å². The topological polar surface area (TPSA) is 0 Å². The second-order valence-electron chi connectivity index (χ2n) is 7.52. The highest BCUT2D eigenvalue weighted by Crippen LogP contribution is 2.28. The predicted molar refractivity (Wildman–Crippen MR) is 114 cm³/mol. The van der Waals surface area contributed by atoms with Crippen molar-refractivity contribution in [3.63, 3.8) is 0 Å². The third kappa shape index (κ3) is 4.32. The van der Waals surface area contributed by atoms with Crippen molar-refractivity contribution in [1.82, 2.24) is 0 Å². The van der Waals surface area contributed by atoms with Crippen LogP contribution in [0.25, 0.3) is 11.6 Å². The first-order chi connectivity index (χ1) is 12.5. The highest BCUT2D eigenvalue weighted by atomic mass is 14.1. The van der Waals surface area contributed by atoms with Gasteiger partial charge in [0.05, 0.1) is 0 Å². The summed E-state index contributed by atoms with van der Waals surface area (Å²) in [6.07, 6.45) is 2.30. The van der Waals surface area contributed by atoms with Gasteiger partial charge in [-0.3, -0.25) is 0 Å². The average molecular weight is 341 g/mol. The molecule has 0 aliphatic heterocycles. The summed E-state index contributed by atoms with van der Waals surface area (Å²) < 4.78 is 0. The second kappa shape index (κ2) is 8.19. The lowest BCUT2D eigenvalue weighted by Crippen LogP contribution is -1.92. The maximum Gasteiger partial charge on any atom is -0.0105 e. The molecule has 132 valence electrons. The monoisotopic (exact) mass is 340 g/mol. The molecule has 0 amide bonds. The molecule has 3 rings (SSSR count). The van der Waals surface area contributed by atoms with Crippen LogP contribution in [0.15, 0.2) is 78.9 Å². The first kappa shape index (κ1) is 18.2. The summed E-state index contributed by atoms with van der Waals surface area (Å²) in [4.78, 5) is 0. The fourth-order valence-corrected chi connectivity index (χ4v) is 3.14. The van der Waals surface area contributed by atoms with Gasteiger partial charge in [-0.25, -0.2) is 0 Å². The molecule has 3 aromatic rings. The summed E-state index contributed by atoms with van der Waals surface area (Å²) in [6, 6.07) is 28.6. The zero-order chi connectivity index (χ0) is 18.5. The van der Waals surface area contributed by atoms with E-state index in [0.717, 1.165) is 0 Å². The first-order valence-electron chi connectivity index (χ1n) is 9.52. The number of hydrogen-bond donors (Lipinski definition) is 0. The highest BCUT2D eigenvalue weighted by Gasteiger charge is 2.07. The van der Waals surface area contributed by atoms with Gasteiger partial charge in [-0.15, -0.1) is 0 Å². The number of rotatable bonds is 5. The van der Waals surface area contributed by atoms with Crippen molar-refractivity contribution in [2.45, 2.75) is 39.5 Å². The number of hydrogen-bond acceptors (Lipinski definition) is 0. The van der Waals surface area contributed by atoms with Crippen LogP contribution in [0.3, 0.4) is 0 Å². The Kier molecular flexibility index (Phi) is 5.73. The van der Waals surface area contributed by atoms with Gasteiger partial charge in [0.15, 0.2) is 0 Å². The summed E-state index contributed by atoms with van der Waals surface area (Å²) in [5.74, 6) is 1.11. The van der Waals surface area contributed by atoms with Crippen LogP contribution in [-0.4, -0.2) is 0 Å². The Morgan fingerprint density at radius 1 is 0.577 bits per heavy atom. The predicted octanol–water partition coefficient (Wildman–Crippen LogP) is 7.52. The standard InChI is InChI=1S/C26H28/c1-19(2)22-12-10-21(11-13-22)18-26(24-8-6-5-7-9-24)25-16-14-23(15-17-25)20(3)4/h5-20H,1-4H3/b26-18+. The van der Waals surface area contributed by atoms with E-state index in [-0.39, 0.29) is 0 Å². The van der Waals surface area contributed by atoms with Crippen LogP contribution in [0.2, 0.25) is 0 Å². The average Bonchev–Trinajstić information content (AvgIpc) is 2.67. The lowest BCUT2D eigenvalue weighted by molar-refractivity contribution is 0.866. The first-order valence-corrected chi connectivity index (χ1v) is 9.52. The van der Waals surface area contributed by atoms with E-state index >= 15 is 0 Å². The normalized spacial score (nSPS) is 12.0. The molecule has 0 saturated carbocycles. The van der Waals surface area contributed by atoms with Crippen molar-refractivity contribution in [3.8, 4) is 0 Å². The Hall–Kier alpha value is -2.60. The Balaban J connectivity index is 2.03. The van der Waals surface area contributed by atoms with Crippen molar-refractivity contribution in [2.24, 2.45) is 0 Å². The van der Waals surface area contributed by atoms with E-state index in [1.165, 1.54) is 33.4 Å². The molecule has 0 atom stereocenters. The van der Waals surface area contributed by atoms with Crippen LogP contribution in [0.4, 0.5) is 0 Å². The molecule has 0 nitrogen and oxygen atoms in total. The summed E-state index contributed by atoms with van der Waals surface area (Å²) in [7, 11) is 0. The molecular formula is C26H28. The van der Waals surface area contributed by atoms with E-state index in [0.29, 0.717) is 11.8 Å². The summed E-state index contributed by atoms with van der Waals surface area (Å²) in [6.45, 7) is 8.94. The Bertz CT molecular complexity index is 848. The largest absolute Gasteiger partial charge is 0.0622 e. The van der Waals surface area contributed by atoms with E-state index in [2.05, 4.69) is 113 Å². The van der Waals surface area contributed by atoms with Gasteiger partial charge in [0, 0.05) is 0 Å². The minimum atomic E-state index is 0.553. The maximum atomic E-state index is 2.30. The quantitative estimate of drug-likeness (QED) is 0.421. The zero-order valence-electron chi connectivity index (χ0n) is 16.2. The van der Waals surface area contributed by atoms with Crippen LogP contribution in [0.1, 0.15) is 67.3 Å². The molecule has 26 heavy (non-hydrogen) atoms. The van der Waals surface area contributed by atoms with Gasteiger partial charge >= 0.3 is 0 Å². The zero-order valence-corrected chi connectivity index (χ0v) is 16.2. The van der Waals surface area contributed by atoms with E-state index in [1.807, 2.05) is 0 Å². The highest BCUT2D eigenvalue weighted by molar-refractivity contribution is 5.91. The second-order valence-corrected chi connectivity index (χ2v) is 7.52. The molecule has 0 spiro atoms. The minimum absolute atomic E-state index is 0.553. The van der Waals surface area contributed by atoms with Gasteiger partial charge < -0.3 is 0 Å². The van der Waals surface area contributed by atoms with Crippen LogP contribution in [0.5, 0.6) is 0 Å². The summed E-state index contributed by atoms with van der Waals surface area (Å²) in [5, 5.41) is 0. The molecule has 0 unspecified atom stereocenters. The summed E-state index contributed by atoms with van der Waals surface area (Å²) in [5.41, 5.74) is 7.76. The molecular weight excluding hydrogens is 312 g/mol. The van der Waals surface area contributed by atoms with Crippen molar-refractivity contribution in [1.29, 1.82) is 0 Å². The molecule has 0 heteroatoms. The van der Waals surface area contributed by atoms with Gasteiger partial charge in [-0.1, -0.05) is 107 Å². The maximum absolute atomic E-state index is 2.30. The minimum Gasteiger partial charge on any atom is -0.0622 e. The molecule has 0 saturated heterocycles.